The number of esters is 1. The second-order valence-electron chi connectivity index (χ2n) is 10.4. The molecule has 1 saturated carbocycles. The minimum atomic E-state index is -0.930. The Morgan fingerprint density at radius 2 is 1.40 bits per heavy atom. The van der Waals surface area contributed by atoms with Crippen molar-refractivity contribution in [2.45, 2.75) is 31.2 Å². The Morgan fingerprint density at radius 1 is 0.800 bits per heavy atom. The van der Waals surface area contributed by atoms with E-state index in [0.717, 1.165) is 51.8 Å². The molecule has 1 N–H and O–H groups in total. The molecule has 5 heteroatoms. The minimum Gasteiger partial charge on any atom is -0.449 e. The third kappa shape index (κ3) is 5.41. The van der Waals surface area contributed by atoms with Gasteiger partial charge in [0.05, 0.1) is 0 Å². The number of amides is 1. The molecular formula is C35H31NO4. The van der Waals surface area contributed by atoms with Gasteiger partial charge < -0.3 is 14.8 Å². The molecule has 4 aromatic rings. The van der Waals surface area contributed by atoms with E-state index in [1.807, 2.05) is 72.8 Å². The molecule has 0 radical (unpaired) electrons. The Bertz CT molecular complexity index is 1510. The molecule has 200 valence electrons. The van der Waals surface area contributed by atoms with E-state index in [2.05, 4.69) is 36.2 Å². The number of carbonyl (C=O) groups excluding carboxylic acids is 2. The topological polar surface area (TPSA) is 64.6 Å². The van der Waals surface area contributed by atoms with Crippen LogP contribution in [-0.4, -0.2) is 24.7 Å². The van der Waals surface area contributed by atoms with E-state index in [0.29, 0.717) is 11.7 Å². The first kappa shape index (κ1) is 25.6. The first-order chi connectivity index (χ1) is 19.6. The molecule has 0 aromatic heterocycles. The predicted molar refractivity (Wildman–Crippen MR) is 156 cm³/mol. The molecule has 5 nitrogen and oxygen atoms in total. The van der Waals surface area contributed by atoms with Gasteiger partial charge in [-0.1, -0.05) is 104 Å². The molecule has 1 atom stereocenters. The van der Waals surface area contributed by atoms with Crippen molar-refractivity contribution in [3.63, 3.8) is 0 Å². The van der Waals surface area contributed by atoms with E-state index < -0.39 is 18.1 Å². The van der Waals surface area contributed by atoms with Crippen molar-refractivity contribution in [2.75, 3.05) is 6.61 Å². The standard InChI is InChI=1S/C35H31NO4/c1-23(25-19-20-25)26-13-9-10-18-33(26)40-34(37)32(21-24-11-3-2-4-12-24)36-35(38)39-22-31-29-16-7-5-14-27(29)28-15-6-8-17-30(28)31/h2-18,25,31-32H,1,19-22H2,(H,36,38)/t32-/m1/s1. The lowest BCUT2D eigenvalue weighted by atomic mass is 9.98. The fourth-order valence-electron chi connectivity index (χ4n) is 5.48. The van der Waals surface area contributed by atoms with Crippen LogP contribution < -0.4 is 10.1 Å². The summed E-state index contributed by atoms with van der Waals surface area (Å²) in [5.41, 5.74) is 7.28. The van der Waals surface area contributed by atoms with Gasteiger partial charge in [0.2, 0.25) is 0 Å². The van der Waals surface area contributed by atoms with Gasteiger partial charge in [-0.25, -0.2) is 9.59 Å². The van der Waals surface area contributed by atoms with E-state index in [1.54, 1.807) is 6.07 Å². The van der Waals surface area contributed by atoms with Gasteiger partial charge in [-0.3, -0.25) is 0 Å². The molecule has 0 aliphatic heterocycles. The molecule has 2 aliphatic carbocycles. The largest absolute Gasteiger partial charge is 0.449 e. The Balaban J connectivity index is 1.17. The molecule has 1 amide bonds. The zero-order valence-corrected chi connectivity index (χ0v) is 22.2. The normalized spacial score (nSPS) is 14.5. The Morgan fingerprint density at radius 3 is 2.08 bits per heavy atom. The summed E-state index contributed by atoms with van der Waals surface area (Å²) in [5, 5.41) is 2.78. The molecule has 0 spiro atoms. The lowest BCUT2D eigenvalue weighted by Gasteiger charge is -2.20. The molecule has 0 saturated heterocycles. The molecule has 4 aromatic carbocycles. The quantitative estimate of drug-likeness (QED) is 0.184. The van der Waals surface area contributed by atoms with Crippen LogP contribution in [0.4, 0.5) is 4.79 Å². The van der Waals surface area contributed by atoms with E-state index in [1.165, 1.54) is 0 Å². The highest BCUT2D eigenvalue weighted by Crippen LogP contribution is 2.45. The zero-order valence-electron chi connectivity index (χ0n) is 22.2. The number of para-hydroxylation sites is 1. The second-order valence-corrected chi connectivity index (χ2v) is 10.4. The summed E-state index contributed by atoms with van der Waals surface area (Å²) >= 11 is 0. The summed E-state index contributed by atoms with van der Waals surface area (Å²) in [7, 11) is 0. The smallest absolute Gasteiger partial charge is 0.407 e. The number of nitrogens with one attached hydrogen (secondary N) is 1. The van der Waals surface area contributed by atoms with Crippen molar-refractivity contribution in [3.05, 3.63) is 132 Å². The lowest BCUT2D eigenvalue weighted by molar-refractivity contribution is -0.136. The van der Waals surface area contributed by atoms with Gasteiger partial charge in [0, 0.05) is 17.9 Å². The number of allylic oxidation sites excluding steroid dienone is 1. The van der Waals surface area contributed by atoms with Crippen molar-refractivity contribution in [1.82, 2.24) is 5.32 Å². The molecule has 0 bridgehead atoms. The van der Waals surface area contributed by atoms with Crippen LogP contribution >= 0.6 is 0 Å². The fourth-order valence-corrected chi connectivity index (χ4v) is 5.48. The second kappa shape index (κ2) is 11.2. The van der Waals surface area contributed by atoms with Crippen molar-refractivity contribution < 1.29 is 19.1 Å². The van der Waals surface area contributed by atoms with Crippen LogP contribution in [0.1, 0.15) is 41.0 Å². The maximum Gasteiger partial charge on any atom is 0.407 e. The first-order valence-electron chi connectivity index (χ1n) is 13.7. The van der Waals surface area contributed by atoms with Crippen LogP contribution in [0.25, 0.3) is 16.7 Å². The summed E-state index contributed by atoms with van der Waals surface area (Å²) in [4.78, 5) is 26.6. The van der Waals surface area contributed by atoms with Gasteiger partial charge in [0.15, 0.2) is 0 Å². The van der Waals surface area contributed by atoms with E-state index in [4.69, 9.17) is 9.47 Å². The third-order valence-electron chi connectivity index (χ3n) is 7.72. The summed E-state index contributed by atoms with van der Waals surface area (Å²) in [6.07, 6.45) is 1.81. The molecule has 0 unspecified atom stereocenters. The van der Waals surface area contributed by atoms with Crippen molar-refractivity contribution >= 4 is 17.6 Å². The first-order valence-corrected chi connectivity index (χ1v) is 13.7. The number of ether oxygens (including phenoxy) is 2. The predicted octanol–water partition coefficient (Wildman–Crippen LogP) is 7.17. The van der Waals surface area contributed by atoms with Crippen LogP contribution in [0.5, 0.6) is 5.75 Å². The van der Waals surface area contributed by atoms with Crippen LogP contribution in [0.15, 0.2) is 110 Å². The monoisotopic (exact) mass is 529 g/mol. The highest BCUT2D eigenvalue weighted by Gasteiger charge is 2.31. The maximum atomic E-state index is 13.5. The summed E-state index contributed by atoms with van der Waals surface area (Å²) in [6.45, 7) is 4.39. The van der Waals surface area contributed by atoms with Crippen LogP contribution in [0, 0.1) is 5.92 Å². The van der Waals surface area contributed by atoms with E-state index in [9.17, 15) is 9.59 Å². The van der Waals surface area contributed by atoms with Crippen LogP contribution in [0.3, 0.4) is 0 Å². The number of fused-ring (bicyclic) bond motifs is 3. The molecule has 0 heterocycles. The van der Waals surface area contributed by atoms with Crippen molar-refractivity contribution in [1.29, 1.82) is 0 Å². The van der Waals surface area contributed by atoms with Crippen LogP contribution in [0.2, 0.25) is 0 Å². The number of hydrogen-bond donors (Lipinski definition) is 1. The Hall–Kier alpha value is -4.64. The van der Waals surface area contributed by atoms with Crippen molar-refractivity contribution in [2.24, 2.45) is 5.92 Å². The zero-order chi connectivity index (χ0) is 27.5. The molecular weight excluding hydrogens is 498 g/mol. The number of rotatable bonds is 9. The van der Waals surface area contributed by atoms with E-state index >= 15 is 0 Å². The number of benzene rings is 4. The molecule has 2 aliphatic rings. The van der Waals surface area contributed by atoms with Gasteiger partial charge in [0.1, 0.15) is 18.4 Å². The number of alkyl carbamates (subject to hydrolysis) is 1. The SMILES string of the molecule is C=C(c1ccccc1OC(=O)[C@@H](Cc1ccccc1)NC(=O)OCC1c2ccccc2-c2ccccc21)C1CC1. The maximum absolute atomic E-state index is 13.5. The van der Waals surface area contributed by atoms with Gasteiger partial charge >= 0.3 is 12.1 Å². The average Bonchev–Trinajstić information content (AvgIpc) is 3.79. The lowest BCUT2D eigenvalue weighted by Crippen LogP contribution is -2.45. The van der Waals surface area contributed by atoms with Crippen molar-refractivity contribution in [3.8, 4) is 16.9 Å². The highest BCUT2D eigenvalue weighted by molar-refractivity contribution is 5.85. The fraction of sp³-hybridized carbons (Fsp3) is 0.200. The van der Waals surface area contributed by atoms with E-state index in [-0.39, 0.29) is 18.9 Å². The minimum absolute atomic E-state index is 0.0713. The summed E-state index contributed by atoms with van der Waals surface area (Å²) < 4.78 is 11.6. The molecule has 6 rings (SSSR count). The third-order valence-corrected chi connectivity index (χ3v) is 7.72. The summed E-state index contributed by atoms with van der Waals surface area (Å²) in [5.74, 6) is 0.266. The van der Waals surface area contributed by atoms with Gasteiger partial charge in [0.25, 0.3) is 0 Å². The number of carbonyl (C=O) groups is 2. The molecule has 40 heavy (non-hydrogen) atoms. The average molecular weight is 530 g/mol. The van der Waals surface area contributed by atoms with Gasteiger partial charge in [-0.05, 0) is 58.2 Å². The Labute approximate surface area is 234 Å². The molecule has 1 fully saturated rings. The summed E-state index contributed by atoms with van der Waals surface area (Å²) in [6, 6.07) is 32.4. The Kier molecular flexibility index (Phi) is 7.19. The highest BCUT2D eigenvalue weighted by atomic mass is 16.6. The van der Waals surface area contributed by atoms with Gasteiger partial charge in [-0.2, -0.15) is 0 Å². The van der Waals surface area contributed by atoms with Gasteiger partial charge in [-0.15, -0.1) is 0 Å². The van der Waals surface area contributed by atoms with Crippen LogP contribution in [-0.2, 0) is 16.0 Å². The number of hydrogen-bond acceptors (Lipinski definition) is 4.